The molecular formula is C40H48N10O13. The van der Waals surface area contributed by atoms with Crippen molar-refractivity contribution in [2.45, 2.75) is 75.3 Å². The summed E-state index contributed by atoms with van der Waals surface area (Å²) in [6.07, 6.45) is -1.86. The zero-order valence-corrected chi connectivity index (χ0v) is 34.1. The average molecular weight is 877 g/mol. The first-order chi connectivity index (χ1) is 29.9. The Morgan fingerprint density at radius 3 is 2.35 bits per heavy atom. The number of urea groups is 1. The van der Waals surface area contributed by atoms with Crippen LogP contribution in [0.4, 0.5) is 4.79 Å². The minimum atomic E-state index is -1.80. The van der Waals surface area contributed by atoms with Gasteiger partial charge in [-0.25, -0.2) is 14.4 Å². The molecule has 23 heteroatoms. The number of aromatic amines is 2. The third-order valence-electron chi connectivity index (χ3n) is 10.3. The number of carboxylic acids is 1. The molecule has 13 N–H and O–H groups in total. The average Bonchev–Trinajstić information content (AvgIpc) is 3.78. The van der Waals surface area contributed by atoms with Crippen LogP contribution in [0.25, 0.3) is 10.9 Å². The number of aliphatic hydroxyl groups is 2. The van der Waals surface area contributed by atoms with Crippen LogP contribution in [0.1, 0.15) is 31.2 Å². The Morgan fingerprint density at radius 2 is 1.67 bits per heavy atom. The molecule has 8 atom stereocenters. The van der Waals surface area contributed by atoms with Crippen molar-refractivity contribution in [2.75, 3.05) is 13.6 Å². The molecule has 0 radical (unpaired) electrons. The van der Waals surface area contributed by atoms with E-state index >= 15 is 0 Å². The van der Waals surface area contributed by atoms with Crippen LogP contribution in [0, 0.1) is 0 Å². The van der Waals surface area contributed by atoms with E-state index in [0.29, 0.717) is 11.1 Å². The molecule has 0 aliphatic carbocycles. The van der Waals surface area contributed by atoms with Gasteiger partial charge in [0, 0.05) is 55.5 Å². The fraction of sp³-hybridized carbons (Fsp3) is 0.350. The summed E-state index contributed by atoms with van der Waals surface area (Å²) in [6, 6.07) is 5.92. The third kappa shape index (κ3) is 11.5. The zero-order chi connectivity index (χ0) is 46.1. The maximum absolute atomic E-state index is 14.0. The number of carbonyl (C=O) groups is 6. The molecule has 1 aliphatic heterocycles. The number of hydrogen-bond donors (Lipinski definition) is 12. The SMILES string of the molecule is C[C@H](NC(=O)N[C@@H](Cc1c[nH]c2ccccc12)C(=O)O)C(=O)N[C@H](C(=O)N/C=C1\OC(n2ccc(=O)[nH]c2=O)[C@H](O)[C@@H]1O)[C@H](C)N(C)C(=O)[C@H](Cc1cccc(O)c1)NC(=O)CN. The lowest BCUT2D eigenvalue weighted by molar-refractivity contribution is -0.140. The van der Waals surface area contributed by atoms with Crippen molar-refractivity contribution in [2.24, 2.45) is 5.73 Å². The quantitative estimate of drug-likeness (QED) is 0.0515. The van der Waals surface area contributed by atoms with Gasteiger partial charge in [0.25, 0.3) is 5.56 Å². The fourth-order valence-corrected chi connectivity index (χ4v) is 6.71. The smallest absolute Gasteiger partial charge is 0.331 e. The number of aliphatic hydroxyl groups excluding tert-OH is 2. The summed E-state index contributed by atoms with van der Waals surface area (Å²) >= 11 is 0. The van der Waals surface area contributed by atoms with Crippen molar-refractivity contribution >= 4 is 46.5 Å². The number of aliphatic carboxylic acids is 1. The molecule has 1 aliphatic rings. The summed E-state index contributed by atoms with van der Waals surface area (Å²) < 4.78 is 6.35. The van der Waals surface area contributed by atoms with E-state index < -0.39 is 108 Å². The van der Waals surface area contributed by atoms with Crippen LogP contribution in [0.3, 0.4) is 0 Å². The molecule has 63 heavy (non-hydrogen) atoms. The second-order valence-electron chi connectivity index (χ2n) is 14.7. The van der Waals surface area contributed by atoms with E-state index in [0.717, 1.165) is 38.8 Å². The summed E-state index contributed by atoms with van der Waals surface area (Å²) in [5, 5.41) is 54.0. The largest absolute Gasteiger partial charge is 0.508 e. The van der Waals surface area contributed by atoms with Crippen LogP contribution in [0.5, 0.6) is 5.75 Å². The van der Waals surface area contributed by atoms with Crippen molar-refractivity contribution in [1.82, 2.24) is 46.0 Å². The van der Waals surface area contributed by atoms with E-state index in [1.54, 1.807) is 36.5 Å². The predicted molar refractivity (Wildman–Crippen MR) is 221 cm³/mol. The first-order valence-corrected chi connectivity index (χ1v) is 19.4. The van der Waals surface area contributed by atoms with E-state index in [-0.39, 0.29) is 18.6 Å². The number of H-pyrrole nitrogens is 2. The van der Waals surface area contributed by atoms with Gasteiger partial charge >= 0.3 is 17.7 Å². The number of likely N-dealkylation sites (N-methyl/N-ethyl adjacent to an activating group) is 1. The Bertz CT molecular complexity index is 2500. The number of fused-ring (bicyclic) bond motifs is 1. The highest BCUT2D eigenvalue weighted by Gasteiger charge is 2.42. The number of phenols is 1. The van der Waals surface area contributed by atoms with E-state index in [4.69, 9.17) is 10.5 Å². The Balaban J connectivity index is 1.35. The number of ether oxygens (including phenoxy) is 1. The maximum atomic E-state index is 14.0. The number of para-hydroxylation sites is 1. The van der Waals surface area contributed by atoms with Crippen molar-refractivity contribution in [3.8, 4) is 5.75 Å². The van der Waals surface area contributed by atoms with Gasteiger partial charge in [-0.15, -0.1) is 0 Å². The Hall–Kier alpha value is -7.50. The van der Waals surface area contributed by atoms with E-state index in [9.17, 15) is 58.8 Å². The molecule has 3 heterocycles. The highest BCUT2D eigenvalue weighted by Crippen LogP contribution is 2.30. The molecular weight excluding hydrogens is 828 g/mol. The van der Waals surface area contributed by atoms with Crippen LogP contribution in [0.15, 0.2) is 88.5 Å². The number of carboxylic acid groups (broad SMARTS) is 1. The summed E-state index contributed by atoms with van der Waals surface area (Å²) in [5.74, 6) is -5.38. The Kier molecular flexibility index (Phi) is 15.1. The predicted octanol–water partition coefficient (Wildman–Crippen LogP) is -2.67. The molecule has 2 aromatic heterocycles. The number of hydrogen-bond acceptors (Lipinski definition) is 13. The van der Waals surface area contributed by atoms with Gasteiger partial charge in [-0.05, 0) is 43.2 Å². The van der Waals surface area contributed by atoms with Gasteiger partial charge in [-0.3, -0.25) is 33.5 Å². The second kappa shape index (κ2) is 20.4. The molecule has 5 rings (SSSR count). The van der Waals surface area contributed by atoms with Crippen molar-refractivity contribution < 1.29 is 53.9 Å². The molecule has 1 unspecified atom stereocenters. The minimum absolute atomic E-state index is 0.107. The number of phenolic OH excluding ortho intramolecular Hbond substituents is 1. The summed E-state index contributed by atoms with van der Waals surface area (Å²) in [4.78, 5) is 109. The maximum Gasteiger partial charge on any atom is 0.331 e. The van der Waals surface area contributed by atoms with Gasteiger partial charge < -0.3 is 67.4 Å². The minimum Gasteiger partial charge on any atom is -0.508 e. The molecule has 4 aromatic rings. The standard InChI is InChI=1S/C40H48N10O13/c1-19(44-39(61)46-27(38(59)60)15-22-17-42-25-10-5-4-9-24(22)25)34(56)48-31(20(2)49(3)36(58)26(45-30(53)16-41)14-21-7-6-8-23(51)13-21)35(57)43-18-28-32(54)33(55)37(63-28)50-12-11-29(52)47-40(50)62/h4-13,17-20,26-27,31-33,37,42,51,54-55H,14-16,41H2,1-3H3,(H,43,57)(H,45,53)(H,48,56)(H,59,60)(H2,44,46,61)(H,47,52,62)/b28-18-/t19-,20-,26-,27-,31-,32+,33+,37?/m0/s1. The first-order valence-electron chi connectivity index (χ1n) is 19.4. The molecule has 0 bridgehead atoms. The third-order valence-corrected chi connectivity index (χ3v) is 10.3. The molecule has 0 saturated carbocycles. The van der Waals surface area contributed by atoms with Gasteiger partial charge in [0.2, 0.25) is 29.9 Å². The molecule has 1 fully saturated rings. The normalized spacial score (nSPS) is 18.8. The number of rotatable bonds is 17. The molecule has 0 spiro atoms. The van der Waals surface area contributed by atoms with Crippen LogP contribution in [0.2, 0.25) is 0 Å². The number of aromatic nitrogens is 3. The lowest BCUT2D eigenvalue weighted by Crippen LogP contribution is -2.62. The van der Waals surface area contributed by atoms with Gasteiger partial charge in [0.15, 0.2) is 0 Å². The highest BCUT2D eigenvalue weighted by atomic mass is 16.6. The first kappa shape index (κ1) is 46.6. The van der Waals surface area contributed by atoms with Gasteiger partial charge in [-0.1, -0.05) is 30.3 Å². The summed E-state index contributed by atoms with van der Waals surface area (Å²) in [6.45, 7) is 2.15. The number of nitrogens with zero attached hydrogens (tertiary/aromatic N) is 2. The lowest BCUT2D eigenvalue weighted by Gasteiger charge is -2.34. The zero-order valence-electron chi connectivity index (χ0n) is 34.1. The van der Waals surface area contributed by atoms with Crippen LogP contribution in [-0.4, -0.2) is 131 Å². The molecule has 336 valence electrons. The number of amides is 6. The topological polar surface area (TPSA) is 353 Å². The van der Waals surface area contributed by atoms with Crippen molar-refractivity contribution in [3.05, 3.63) is 111 Å². The number of aromatic hydroxyl groups is 1. The number of carbonyl (C=O) groups excluding carboxylic acids is 5. The Morgan fingerprint density at radius 1 is 0.937 bits per heavy atom. The van der Waals surface area contributed by atoms with Gasteiger partial charge in [0.1, 0.15) is 47.9 Å². The number of nitrogens with two attached hydrogens (primary N) is 1. The summed E-state index contributed by atoms with van der Waals surface area (Å²) in [5.41, 5.74) is 5.62. The highest BCUT2D eigenvalue weighted by molar-refractivity contribution is 5.94. The monoisotopic (exact) mass is 876 g/mol. The number of benzene rings is 2. The van der Waals surface area contributed by atoms with Gasteiger partial charge in [0.05, 0.1) is 12.6 Å². The van der Waals surface area contributed by atoms with Gasteiger partial charge in [-0.2, -0.15) is 0 Å². The van der Waals surface area contributed by atoms with E-state index in [1.807, 2.05) is 4.98 Å². The lowest BCUT2D eigenvalue weighted by atomic mass is 10.0. The number of nitrogens with one attached hydrogen (secondary N) is 7. The Labute approximate surface area is 357 Å². The van der Waals surface area contributed by atoms with E-state index in [1.165, 1.54) is 39.1 Å². The van der Waals surface area contributed by atoms with Crippen molar-refractivity contribution in [3.63, 3.8) is 0 Å². The van der Waals surface area contributed by atoms with Crippen LogP contribution < -0.4 is 43.6 Å². The fourth-order valence-electron chi connectivity index (χ4n) is 6.71. The molecule has 2 aromatic carbocycles. The van der Waals surface area contributed by atoms with Crippen LogP contribution in [-0.2, 0) is 41.6 Å². The van der Waals surface area contributed by atoms with E-state index in [2.05, 4.69) is 31.6 Å². The second-order valence-corrected chi connectivity index (χ2v) is 14.7. The molecule has 23 nitrogen and oxygen atoms in total. The van der Waals surface area contributed by atoms with Crippen molar-refractivity contribution in [1.29, 1.82) is 0 Å². The molecule has 6 amide bonds. The summed E-state index contributed by atoms with van der Waals surface area (Å²) in [7, 11) is 1.28. The van der Waals surface area contributed by atoms with Crippen LogP contribution >= 0.6 is 0 Å². The molecule has 1 saturated heterocycles.